The van der Waals surface area contributed by atoms with E-state index in [2.05, 4.69) is 15.9 Å². The molecule has 0 radical (unpaired) electrons. The molecule has 1 aliphatic rings. The maximum absolute atomic E-state index is 12.9. The highest BCUT2D eigenvalue weighted by Crippen LogP contribution is 2.26. The fourth-order valence-electron chi connectivity index (χ4n) is 3.17. The Hall–Kier alpha value is -1.62. The molecule has 0 saturated heterocycles. The van der Waals surface area contributed by atoms with Crippen molar-refractivity contribution in [2.45, 2.75) is 45.3 Å². The van der Waals surface area contributed by atoms with Gasteiger partial charge in [0.05, 0.1) is 0 Å². The van der Waals surface area contributed by atoms with E-state index in [4.69, 9.17) is 4.74 Å². The van der Waals surface area contributed by atoms with E-state index in [1.54, 1.807) is 16.7 Å². The first-order valence-electron chi connectivity index (χ1n) is 8.39. The predicted molar refractivity (Wildman–Crippen MR) is 95.7 cm³/mol. The van der Waals surface area contributed by atoms with Crippen LogP contribution in [0.3, 0.4) is 0 Å². The molecule has 0 N–H and O–H groups in total. The van der Waals surface area contributed by atoms with Crippen LogP contribution in [-0.2, 0) is 13.2 Å². The standard InChI is InChI=1S/C19H21BrFNO2/c20-18-17(24-13-15-6-8-16(21)9-7-15)10-11-22(19(18)23)12-14-4-2-1-3-5-14/h6-11,14H,1-5,12-13H2. The van der Waals surface area contributed by atoms with Crippen LogP contribution >= 0.6 is 15.9 Å². The molecule has 1 heterocycles. The third-order valence-corrected chi connectivity index (χ3v) is 5.29. The van der Waals surface area contributed by atoms with Gasteiger partial charge in [0.1, 0.15) is 22.6 Å². The molecule has 0 aliphatic heterocycles. The highest BCUT2D eigenvalue weighted by atomic mass is 79.9. The second kappa shape index (κ2) is 7.97. The van der Waals surface area contributed by atoms with Crippen LogP contribution in [-0.4, -0.2) is 4.57 Å². The number of rotatable bonds is 5. The fraction of sp³-hybridized carbons (Fsp3) is 0.421. The molecule has 1 aromatic carbocycles. The molecule has 1 fully saturated rings. The van der Waals surface area contributed by atoms with Crippen LogP contribution in [0.2, 0.25) is 0 Å². The molecule has 24 heavy (non-hydrogen) atoms. The average molecular weight is 394 g/mol. The molecule has 5 heteroatoms. The van der Waals surface area contributed by atoms with Crippen molar-refractivity contribution in [1.82, 2.24) is 4.57 Å². The van der Waals surface area contributed by atoms with Crippen LogP contribution in [0, 0.1) is 11.7 Å². The summed E-state index contributed by atoms with van der Waals surface area (Å²) < 4.78 is 20.8. The quantitative estimate of drug-likeness (QED) is 0.722. The number of ether oxygens (including phenoxy) is 1. The van der Waals surface area contributed by atoms with Crippen molar-refractivity contribution >= 4 is 15.9 Å². The van der Waals surface area contributed by atoms with E-state index in [1.165, 1.54) is 44.2 Å². The minimum Gasteiger partial charge on any atom is -0.487 e. The Morgan fingerprint density at radius 3 is 2.54 bits per heavy atom. The minimum absolute atomic E-state index is 0.0582. The van der Waals surface area contributed by atoms with Crippen LogP contribution in [0.5, 0.6) is 5.75 Å². The second-order valence-electron chi connectivity index (χ2n) is 6.37. The Morgan fingerprint density at radius 2 is 1.83 bits per heavy atom. The number of aromatic nitrogens is 1. The highest BCUT2D eigenvalue weighted by Gasteiger charge is 2.16. The monoisotopic (exact) mass is 393 g/mol. The Bertz CT molecular complexity index is 736. The third-order valence-electron chi connectivity index (χ3n) is 4.56. The smallest absolute Gasteiger partial charge is 0.268 e. The van der Waals surface area contributed by atoms with E-state index in [9.17, 15) is 9.18 Å². The third kappa shape index (κ3) is 4.26. The van der Waals surface area contributed by atoms with Crippen LogP contribution in [0.25, 0.3) is 0 Å². The number of hydrogen-bond acceptors (Lipinski definition) is 2. The van der Waals surface area contributed by atoms with Gasteiger partial charge in [0.25, 0.3) is 5.56 Å². The first-order chi connectivity index (χ1) is 11.6. The molecule has 1 saturated carbocycles. The first kappa shape index (κ1) is 17.2. The van der Waals surface area contributed by atoms with E-state index in [-0.39, 0.29) is 11.4 Å². The van der Waals surface area contributed by atoms with Gasteiger partial charge in [-0.15, -0.1) is 0 Å². The molecule has 128 valence electrons. The summed E-state index contributed by atoms with van der Waals surface area (Å²) in [6.07, 6.45) is 8.05. The summed E-state index contributed by atoms with van der Waals surface area (Å²) in [4.78, 5) is 12.5. The van der Waals surface area contributed by atoms with Gasteiger partial charge >= 0.3 is 0 Å². The van der Waals surface area contributed by atoms with Gasteiger partial charge in [0, 0.05) is 12.7 Å². The van der Waals surface area contributed by atoms with E-state index < -0.39 is 0 Å². The molecule has 1 aromatic heterocycles. The molecular weight excluding hydrogens is 373 g/mol. The molecular formula is C19H21BrFNO2. The van der Waals surface area contributed by atoms with E-state index >= 15 is 0 Å². The van der Waals surface area contributed by atoms with Crippen LogP contribution in [0.1, 0.15) is 37.7 Å². The number of nitrogens with zero attached hydrogens (tertiary/aromatic N) is 1. The average Bonchev–Trinajstić information content (AvgIpc) is 2.61. The molecule has 0 spiro atoms. The van der Waals surface area contributed by atoms with E-state index in [0.29, 0.717) is 22.7 Å². The van der Waals surface area contributed by atoms with Crippen LogP contribution < -0.4 is 10.3 Å². The summed E-state index contributed by atoms with van der Waals surface area (Å²) in [6, 6.07) is 7.96. The number of hydrogen-bond donors (Lipinski definition) is 0. The zero-order chi connectivity index (χ0) is 16.9. The van der Waals surface area contributed by atoms with Crippen molar-refractivity contribution in [2.24, 2.45) is 5.92 Å². The Labute approximate surface area is 149 Å². The van der Waals surface area contributed by atoms with Crippen molar-refractivity contribution in [3.05, 3.63) is 62.7 Å². The normalized spacial score (nSPS) is 15.4. The predicted octanol–water partition coefficient (Wildman–Crippen LogP) is 4.91. The van der Waals surface area contributed by atoms with Crippen LogP contribution in [0.15, 0.2) is 45.8 Å². The van der Waals surface area contributed by atoms with Gasteiger partial charge in [0.2, 0.25) is 0 Å². The summed E-state index contributed by atoms with van der Waals surface area (Å²) in [5.41, 5.74) is 0.798. The summed E-state index contributed by atoms with van der Waals surface area (Å²) in [5, 5.41) is 0. The first-order valence-corrected chi connectivity index (χ1v) is 9.19. The largest absolute Gasteiger partial charge is 0.487 e. The van der Waals surface area contributed by atoms with Gasteiger partial charge in [-0.1, -0.05) is 31.4 Å². The van der Waals surface area contributed by atoms with E-state index in [1.807, 2.05) is 12.3 Å². The maximum Gasteiger partial charge on any atom is 0.268 e. The Morgan fingerprint density at radius 1 is 1.12 bits per heavy atom. The zero-order valence-corrected chi connectivity index (χ0v) is 15.1. The van der Waals surface area contributed by atoms with Gasteiger partial charge in [-0.25, -0.2) is 4.39 Å². The Balaban J connectivity index is 1.67. The van der Waals surface area contributed by atoms with Crippen molar-refractivity contribution in [1.29, 1.82) is 0 Å². The lowest BCUT2D eigenvalue weighted by Gasteiger charge is -2.22. The molecule has 3 rings (SSSR count). The summed E-state index contributed by atoms with van der Waals surface area (Å²) in [5.74, 6) is 0.837. The SMILES string of the molecule is O=c1c(Br)c(OCc2ccc(F)cc2)ccn1CC1CCCCC1. The zero-order valence-electron chi connectivity index (χ0n) is 13.5. The van der Waals surface area contributed by atoms with E-state index in [0.717, 1.165) is 12.1 Å². The van der Waals surface area contributed by atoms with Gasteiger partial charge in [-0.05, 0) is 58.5 Å². The van der Waals surface area contributed by atoms with Crippen LogP contribution in [0.4, 0.5) is 4.39 Å². The lowest BCUT2D eigenvalue weighted by molar-refractivity contribution is 0.297. The molecule has 1 aliphatic carbocycles. The lowest BCUT2D eigenvalue weighted by Crippen LogP contribution is -2.25. The van der Waals surface area contributed by atoms with Crippen molar-refractivity contribution in [3.8, 4) is 5.75 Å². The minimum atomic E-state index is -0.273. The molecule has 2 aromatic rings. The molecule has 0 unspecified atom stereocenters. The van der Waals surface area contributed by atoms with Gasteiger partial charge < -0.3 is 9.30 Å². The topological polar surface area (TPSA) is 31.2 Å². The summed E-state index contributed by atoms with van der Waals surface area (Å²) in [7, 11) is 0. The molecule has 3 nitrogen and oxygen atoms in total. The molecule has 0 amide bonds. The van der Waals surface area contributed by atoms with Crippen molar-refractivity contribution in [2.75, 3.05) is 0 Å². The molecule has 0 bridgehead atoms. The number of benzene rings is 1. The van der Waals surface area contributed by atoms with Gasteiger partial charge in [-0.2, -0.15) is 0 Å². The van der Waals surface area contributed by atoms with Gasteiger partial charge in [0.15, 0.2) is 0 Å². The summed E-state index contributed by atoms with van der Waals surface area (Å²) >= 11 is 3.36. The highest BCUT2D eigenvalue weighted by molar-refractivity contribution is 9.10. The number of halogens is 2. The number of pyridine rings is 1. The van der Waals surface area contributed by atoms with Gasteiger partial charge in [-0.3, -0.25) is 4.79 Å². The van der Waals surface area contributed by atoms with Crippen molar-refractivity contribution in [3.63, 3.8) is 0 Å². The lowest BCUT2D eigenvalue weighted by atomic mass is 9.89. The Kier molecular flexibility index (Phi) is 5.72. The fourth-order valence-corrected chi connectivity index (χ4v) is 3.65. The second-order valence-corrected chi connectivity index (χ2v) is 7.16. The summed E-state index contributed by atoms with van der Waals surface area (Å²) in [6.45, 7) is 1.07. The molecule has 0 atom stereocenters. The maximum atomic E-state index is 12.9. The van der Waals surface area contributed by atoms with Crippen molar-refractivity contribution < 1.29 is 9.13 Å².